The highest BCUT2D eigenvalue weighted by Crippen LogP contribution is 2.20. The van der Waals surface area contributed by atoms with E-state index in [0.717, 1.165) is 19.4 Å². The molecule has 4 heteroatoms. The number of hydrogen-bond donors (Lipinski definition) is 1. The van der Waals surface area contributed by atoms with Gasteiger partial charge in [-0.25, -0.2) is 0 Å². The third-order valence-electron chi connectivity index (χ3n) is 2.79. The summed E-state index contributed by atoms with van der Waals surface area (Å²) in [7, 11) is 0. The number of carbonyl (C=O) groups excluding carboxylic acids is 1. The zero-order valence-electron chi connectivity index (χ0n) is 8.19. The van der Waals surface area contributed by atoms with Crippen molar-refractivity contribution >= 4 is 17.3 Å². The lowest BCUT2D eigenvalue weighted by Gasteiger charge is -2.28. The van der Waals surface area contributed by atoms with Gasteiger partial charge in [-0.05, 0) is 43.9 Å². The molecule has 0 spiro atoms. The topological polar surface area (TPSA) is 42.0 Å². The average Bonchev–Trinajstić information content (AvgIpc) is 2.70. The fourth-order valence-electron chi connectivity index (χ4n) is 1.93. The second kappa shape index (κ2) is 4.19. The Balaban J connectivity index is 2.10. The highest BCUT2D eigenvalue weighted by atomic mass is 32.1. The molecule has 0 radical (unpaired) electrons. The van der Waals surface area contributed by atoms with Crippen LogP contribution in [0.25, 0.3) is 0 Å². The first-order valence-corrected chi connectivity index (χ1v) is 5.80. The average molecular weight is 210 g/mol. The van der Waals surface area contributed by atoms with Crippen molar-refractivity contribution in [2.75, 3.05) is 6.54 Å². The molecule has 76 valence electrons. The van der Waals surface area contributed by atoms with Gasteiger partial charge in [0.2, 0.25) is 0 Å². The standard InChI is InChI=1S/C10H14N2OS/c1-7-8(3-2-5-11-7)10(13)9-4-6-14-12-9/h4,6-8,11H,2-3,5H2,1H3. The van der Waals surface area contributed by atoms with Crippen molar-refractivity contribution in [3.05, 3.63) is 17.1 Å². The van der Waals surface area contributed by atoms with Gasteiger partial charge in [0, 0.05) is 17.3 Å². The molecule has 2 heterocycles. The number of carbonyl (C=O) groups is 1. The van der Waals surface area contributed by atoms with E-state index in [1.54, 1.807) is 0 Å². The lowest BCUT2D eigenvalue weighted by atomic mass is 9.87. The van der Waals surface area contributed by atoms with Crippen LogP contribution in [0.2, 0.25) is 0 Å². The van der Waals surface area contributed by atoms with Gasteiger partial charge in [0.15, 0.2) is 5.78 Å². The number of aromatic nitrogens is 1. The maximum Gasteiger partial charge on any atom is 0.186 e. The van der Waals surface area contributed by atoms with E-state index >= 15 is 0 Å². The van der Waals surface area contributed by atoms with Crippen LogP contribution in [-0.2, 0) is 0 Å². The predicted octanol–water partition coefficient (Wildman–Crippen LogP) is 1.71. The second-order valence-electron chi connectivity index (χ2n) is 3.74. The fraction of sp³-hybridized carbons (Fsp3) is 0.600. The van der Waals surface area contributed by atoms with Gasteiger partial charge < -0.3 is 5.32 Å². The minimum absolute atomic E-state index is 0.117. The van der Waals surface area contributed by atoms with Gasteiger partial charge >= 0.3 is 0 Å². The van der Waals surface area contributed by atoms with Gasteiger partial charge in [-0.15, -0.1) is 0 Å². The van der Waals surface area contributed by atoms with Gasteiger partial charge in [-0.3, -0.25) is 4.79 Å². The quantitative estimate of drug-likeness (QED) is 0.756. The summed E-state index contributed by atoms with van der Waals surface area (Å²) in [5.41, 5.74) is 0.635. The molecule has 2 unspecified atom stereocenters. The number of Topliss-reactive ketones (excluding diaryl/α,β-unsaturated/α-hetero) is 1. The normalized spacial score (nSPS) is 27.5. The van der Waals surface area contributed by atoms with Gasteiger partial charge in [-0.2, -0.15) is 4.37 Å². The van der Waals surface area contributed by atoms with Crippen LogP contribution < -0.4 is 5.32 Å². The Morgan fingerprint density at radius 1 is 1.71 bits per heavy atom. The van der Waals surface area contributed by atoms with Crippen LogP contribution in [0, 0.1) is 5.92 Å². The second-order valence-corrected chi connectivity index (χ2v) is 4.41. The Labute approximate surface area is 87.7 Å². The lowest BCUT2D eigenvalue weighted by Crippen LogP contribution is -2.42. The first-order chi connectivity index (χ1) is 6.79. The van der Waals surface area contributed by atoms with Gasteiger partial charge in [0.25, 0.3) is 0 Å². The molecule has 0 aliphatic carbocycles. The van der Waals surface area contributed by atoms with Crippen LogP contribution in [0.4, 0.5) is 0 Å². The van der Waals surface area contributed by atoms with Crippen LogP contribution in [0.15, 0.2) is 11.4 Å². The van der Waals surface area contributed by atoms with Crippen molar-refractivity contribution in [1.82, 2.24) is 9.69 Å². The number of rotatable bonds is 2. The molecule has 1 aromatic rings. The molecule has 3 nitrogen and oxygen atoms in total. The van der Waals surface area contributed by atoms with E-state index in [9.17, 15) is 4.79 Å². The first kappa shape index (κ1) is 9.80. The number of hydrogen-bond acceptors (Lipinski definition) is 4. The molecular formula is C10H14N2OS. The SMILES string of the molecule is CC1NCCCC1C(=O)c1ccsn1. The molecule has 1 N–H and O–H groups in total. The number of nitrogens with one attached hydrogen (secondary N) is 1. The zero-order chi connectivity index (χ0) is 9.97. The Bertz CT molecular complexity index is 310. The summed E-state index contributed by atoms with van der Waals surface area (Å²) in [4.78, 5) is 12.0. The minimum atomic E-state index is 0.117. The summed E-state index contributed by atoms with van der Waals surface area (Å²) in [6.07, 6.45) is 2.08. The van der Waals surface area contributed by atoms with Gasteiger partial charge in [0.1, 0.15) is 5.69 Å². The molecule has 1 saturated heterocycles. The largest absolute Gasteiger partial charge is 0.314 e. The van der Waals surface area contributed by atoms with Crippen molar-refractivity contribution < 1.29 is 4.79 Å². The van der Waals surface area contributed by atoms with Gasteiger partial charge in [0.05, 0.1) is 0 Å². The van der Waals surface area contributed by atoms with E-state index in [0.29, 0.717) is 5.69 Å². The zero-order valence-corrected chi connectivity index (χ0v) is 9.01. The Hall–Kier alpha value is -0.740. The monoisotopic (exact) mass is 210 g/mol. The molecule has 1 aliphatic heterocycles. The molecular weight excluding hydrogens is 196 g/mol. The minimum Gasteiger partial charge on any atom is -0.314 e. The van der Waals surface area contributed by atoms with E-state index in [1.165, 1.54) is 11.5 Å². The van der Waals surface area contributed by atoms with E-state index < -0.39 is 0 Å². The summed E-state index contributed by atoms with van der Waals surface area (Å²) in [5.74, 6) is 0.316. The fourth-order valence-corrected chi connectivity index (χ4v) is 2.45. The predicted molar refractivity (Wildman–Crippen MR) is 56.6 cm³/mol. The Morgan fingerprint density at radius 2 is 2.57 bits per heavy atom. The maximum absolute atomic E-state index is 12.0. The van der Waals surface area contributed by atoms with Crippen LogP contribution in [0.1, 0.15) is 30.3 Å². The summed E-state index contributed by atoms with van der Waals surface area (Å²) < 4.78 is 4.09. The number of ketones is 1. The molecule has 1 fully saturated rings. The third kappa shape index (κ3) is 1.86. The van der Waals surface area contributed by atoms with Crippen LogP contribution in [0.3, 0.4) is 0 Å². The highest BCUT2D eigenvalue weighted by Gasteiger charge is 2.28. The molecule has 0 amide bonds. The van der Waals surface area contributed by atoms with Crippen molar-refractivity contribution in [3.63, 3.8) is 0 Å². The highest BCUT2D eigenvalue weighted by molar-refractivity contribution is 7.03. The van der Waals surface area contributed by atoms with Crippen LogP contribution in [0.5, 0.6) is 0 Å². The summed E-state index contributed by atoms with van der Waals surface area (Å²) >= 11 is 1.34. The van der Waals surface area contributed by atoms with Crippen LogP contribution >= 0.6 is 11.5 Å². The van der Waals surface area contributed by atoms with Gasteiger partial charge in [-0.1, -0.05) is 0 Å². The summed E-state index contributed by atoms with van der Waals surface area (Å²) in [6.45, 7) is 3.11. The van der Waals surface area contributed by atoms with E-state index in [1.807, 2.05) is 11.4 Å². The number of nitrogens with zero attached hydrogens (tertiary/aromatic N) is 1. The third-order valence-corrected chi connectivity index (χ3v) is 3.35. The summed E-state index contributed by atoms with van der Waals surface area (Å²) in [5, 5.41) is 5.19. The molecule has 1 aromatic heterocycles. The van der Waals surface area contributed by atoms with Crippen molar-refractivity contribution in [1.29, 1.82) is 0 Å². The van der Waals surface area contributed by atoms with E-state index in [4.69, 9.17) is 0 Å². The number of piperidine rings is 1. The molecule has 1 aliphatic rings. The van der Waals surface area contributed by atoms with Crippen molar-refractivity contribution in [2.45, 2.75) is 25.8 Å². The first-order valence-electron chi connectivity index (χ1n) is 4.97. The molecule has 2 atom stereocenters. The smallest absolute Gasteiger partial charge is 0.186 e. The molecule has 0 saturated carbocycles. The molecule has 14 heavy (non-hydrogen) atoms. The van der Waals surface area contributed by atoms with E-state index in [-0.39, 0.29) is 17.7 Å². The molecule has 2 rings (SSSR count). The molecule has 0 aromatic carbocycles. The summed E-state index contributed by atoms with van der Waals surface area (Å²) in [6, 6.07) is 2.10. The lowest BCUT2D eigenvalue weighted by molar-refractivity contribution is 0.0863. The van der Waals surface area contributed by atoms with E-state index in [2.05, 4.69) is 16.6 Å². The Morgan fingerprint density at radius 3 is 3.21 bits per heavy atom. The van der Waals surface area contributed by atoms with Crippen LogP contribution in [-0.4, -0.2) is 22.7 Å². The molecule has 0 bridgehead atoms. The Kier molecular flexibility index (Phi) is 2.93. The van der Waals surface area contributed by atoms with Crippen molar-refractivity contribution in [3.8, 4) is 0 Å². The van der Waals surface area contributed by atoms with Crippen molar-refractivity contribution in [2.24, 2.45) is 5.92 Å². The maximum atomic E-state index is 12.0.